The lowest BCUT2D eigenvalue weighted by molar-refractivity contribution is 0.493. The summed E-state index contributed by atoms with van der Waals surface area (Å²) in [4.78, 5) is 8.19. The van der Waals surface area contributed by atoms with Crippen LogP contribution >= 0.6 is 11.8 Å². The molecule has 0 aliphatic rings. The van der Waals surface area contributed by atoms with Crippen molar-refractivity contribution in [1.82, 2.24) is 15.6 Å². The Bertz CT molecular complexity index is 449. The van der Waals surface area contributed by atoms with Crippen LogP contribution in [0.3, 0.4) is 0 Å². The van der Waals surface area contributed by atoms with Gasteiger partial charge in [0.25, 0.3) is 0 Å². The van der Waals surface area contributed by atoms with Gasteiger partial charge in [-0.3, -0.25) is 10.3 Å². The molecule has 0 saturated heterocycles. The predicted octanol–water partition coefficient (Wildman–Crippen LogP) is 1.17. The van der Waals surface area contributed by atoms with Crippen LogP contribution < -0.4 is 10.6 Å². The molecule has 0 bridgehead atoms. The van der Waals surface area contributed by atoms with E-state index in [-0.39, 0.29) is 0 Å². The first-order valence-corrected chi connectivity index (χ1v) is 6.69. The maximum atomic E-state index is 8.45. The molecule has 18 heavy (non-hydrogen) atoms. The fraction of sp³-hybridized carbons (Fsp3) is 0.545. The summed E-state index contributed by atoms with van der Waals surface area (Å²) in [5.41, 5.74) is 0.997. The van der Waals surface area contributed by atoms with Crippen LogP contribution in [0.15, 0.2) is 9.41 Å². The number of aliphatic imine (C=N–C) groups is 1. The van der Waals surface area contributed by atoms with Crippen molar-refractivity contribution >= 4 is 17.7 Å². The van der Waals surface area contributed by atoms with Crippen LogP contribution in [0.25, 0.3) is 0 Å². The zero-order valence-corrected chi connectivity index (χ0v) is 11.6. The molecule has 0 unspecified atom stereocenters. The molecule has 98 valence electrons. The van der Waals surface area contributed by atoms with Gasteiger partial charge in [0.1, 0.15) is 5.76 Å². The highest BCUT2D eigenvalue weighted by Crippen LogP contribution is 2.15. The number of aryl methyl sites for hydroxylation is 2. The molecule has 7 heteroatoms. The molecule has 0 aliphatic heterocycles. The summed E-state index contributed by atoms with van der Waals surface area (Å²) in [5.74, 6) is 3.81. The highest BCUT2D eigenvalue weighted by molar-refractivity contribution is 7.98. The van der Waals surface area contributed by atoms with Crippen molar-refractivity contribution in [3.05, 3.63) is 17.3 Å². The normalized spacial score (nSPS) is 11.1. The number of hydrogen-bond donors (Lipinski definition) is 2. The first kappa shape index (κ1) is 14.4. The monoisotopic (exact) mass is 267 g/mol. The minimum Gasteiger partial charge on any atom is -0.446 e. The van der Waals surface area contributed by atoms with E-state index in [0.717, 1.165) is 29.5 Å². The van der Waals surface area contributed by atoms with Crippen molar-refractivity contribution < 1.29 is 4.42 Å². The molecular formula is C11H17N5OS. The lowest BCUT2D eigenvalue weighted by atomic mass is 10.4. The molecule has 2 N–H and O–H groups in total. The molecule has 1 aromatic rings. The van der Waals surface area contributed by atoms with Crippen LogP contribution in [0.2, 0.25) is 0 Å². The average molecular weight is 267 g/mol. The first-order chi connectivity index (χ1) is 8.67. The smallest absolute Gasteiger partial charge is 0.204 e. The number of thioether (sulfide) groups is 1. The Hall–Kier alpha value is -1.68. The van der Waals surface area contributed by atoms with Crippen molar-refractivity contribution in [2.75, 3.05) is 19.3 Å². The van der Waals surface area contributed by atoms with Crippen molar-refractivity contribution in [1.29, 1.82) is 5.26 Å². The van der Waals surface area contributed by atoms with Crippen molar-refractivity contribution in [2.24, 2.45) is 4.99 Å². The molecule has 0 radical (unpaired) electrons. The maximum absolute atomic E-state index is 8.45. The predicted molar refractivity (Wildman–Crippen MR) is 72.2 cm³/mol. The van der Waals surface area contributed by atoms with Gasteiger partial charge < -0.3 is 9.73 Å². The standard InChI is InChI=1S/C11H17N5OS/c1-8-10(16-9(2)17-8)6-18-5-4-14-11(13-3)15-7-12/h4-6H2,1-3H3,(H2,13,14,15). The quantitative estimate of drug-likeness (QED) is 0.274. The number of rotatable bonds is 5. The van der Waals surface area contributed by atoms with Gasteiger partial charge in [-0.25, -0.2) is 4.98 Å². The Labute approximate surface area is 111 Å². The van der Waals surface area contributed by atoms with Crippen LogP contribution in [0, 0.1) is 25.3 Å². The Kier molecular flexibility index (Phi) is 6.08. The topological polar surface area (TPSA) is 86.2 Å². The fourth-order valence-electron chi connectivity index (χ4n) is 1.35. The second-order valence-electron chi connectivity index (χ2n) is 3.52. The summed E-state index contributed by atoms with van der Waals surface area (Å²) in [7, 11) is 1.63. The van der Waals surface area contributed by atoms with Gasteiger partial charge in [-0.1, -0.05) is 0 Å². The van der Waals surface area contributed by atoms with Gasteiger partial charge in [0.05, 0.1) is 5.69 Å². The third kappa shape index (κ3) is 4.67. The van der Waals surface area contributed by atoms with Gasteiger partial charge in [0, 0.05) is 32.0 Å². The summed E-state index contributed by atoms with van der Waals surface area (Å²) in [6, 6.07) is 0. The Morgan fingerprint density at radius 3 is 2.89 bits per heavy atom. The number of nitriles is 1. The van der Waals surface area contributed by atoms with Gasteiger partial charge in [-0.2, -0.15) is 17.0 Å². The molecule has 0 fully saturated rings. The molecule has 0 amide bonds. The summed E-state index contributed by atoms with van der Waals surface area (Å²) in [6.07, 6.45) is 1.82. The Balaban J connectivity index is 2.20. The number of hydrogen-bond acceptors (Lipinski definition) is 5. The van der Waals surface area contributed by atoms with Crippen LogP contribution in [0.5, 0.6) is 0 Å². The second kappa shape index (κ2) is 7.61. The molecule has 0 aliphatic carbocycles. The Morgan fingerprint density at radius 2 is 2.33 bits per heavy atom. The molecule has 6 nitrogen and oxygen atoms in total. The molecule has 1 rings (SSSR count). The summed E-state index contributed by atoms with van der Waals surface area (Å²) in [5, 5.41) is 13.9. The van der Waals surface area contributed by atoms with Crippen LogP contribution in [0.4, 0.5) is 0 Å². The highest BCUT2D eigenvalue weighted by Gasteiger charge is 2.05. The zero-order valence-electron chi connectivity index (χ0n) is 10.8. The molecule has 0 spiro atoms. The molecule has 0 atom stereocenters. The number of guanidine groups is 1. The number of oxazole rings is 1. The lowest BCUT2D eigenvalue weighted by Crippen LogP contribution is -2.35. The van der Waals surface area contributed by atoms with E-state index in [9.17, 15) is 0 Å². The molecule has 0 saturated carbocycles. The molecule has 1 aromatic heterocycles. The van der Waals surface area contributed by atoms with Crippen LogP contribution in [-0.2, 0) is 5.75 Å². The summed E-state index contributed by atoms with van der Waals surface area (Å²) < 4.78 is 5.35. The van der Waals surface area contributed by atoms with Crippen LogP contribution in [-0.4, -0.2) is 30.3 Å². The third-order valence-electron chi connectivity index (χ3n) is 2.18. The average Bonchev–Trinajstić information content (AvgIpc) is 2.66. The van der Waals surface area contributed by atoms with Crippen molar-refractivity contribution in [2.45, 2.75) is 19.6 Å². The van der Waals surface area contributed by atoms with E-state index in [0.29, 0.717) is 11.9 Å². The van der Waals surface area contributed by atoms with E-state index in [2.05, 4.69) is 20.6 Å². The molecule has 1 heterocycles. The molecule has 0 aromatic carbocycles. The molecular weight excluding hydrogens is 250 g/mol. The maximum Gasteiger partial charge on any atom is 0.204 e. The number of aromatic nitrogens is 1. The van der Waals surface area contributed by atoms with E-state index in [1.807, 2.05) is 20.0 Å². The minimum absolute atomic E-state index is 0.492. The Morgan fingerprint density at radius 1 is 1.56 bits per heavy atom. The largest absolute Gasteiger partial charge is 0.446 e. The fourth-order valence-corrected chi connectivity index (χ4v) is 2.20. The minimum atomic E-state index is 0.492. The van der Waals surface area contributed by atoms with Gasteiger partial charge >= 0.3 is 0 Å². The second-order valence-corrected chi connectivity index (χ2v) is 4.63. The van der Waals surface area contributed by atoms with Crippen LogP contribution in [0.1, 0.15) is 17.3 Å². The van der Waals surface area contributed by atoms with Gasteiger partial charge in [0.15, 0.2) is 12.1 Å². The number of nitrogens with zero attached hydrogens (tertiary/aromatic N) is 3. The lowest BCUT2D eigenvalue weighted by Gasteiger charge is -2.06. The van der Waals surface area contributed by atoms with E-state index in [1.165, 1.54) is 0 Å². The van der Waals surface area contributed by atoms with E-state index >= 15 is 0 Å². The van der Waals surface area contributed by atoms with Gasteiger partial charge in [-0.15, -0.1) is 0 Å². The van der Waals surface area contributed by atoms with Crippen molar-refractivity contribution in [3.8, 4) is 6.19 Å². The summed E-state index contributed by atoms with van der Waals surface area (Å²) >= 11 is 1.75. The highest BCUT2D eigenvalue weighted by atomic mass is 32.2. The van der Waals surface area contributed by atoms with Gasteiger partial charge in [0.2, 0.25) is 5.96 Å². The first-order valence-electron chi connectivity index (χ1n) is 5.53. The third-order valence-corrected chi connectivity index (χ3v) is 3.15. The van der Waals surface area contributed by atoms with Crippen molar-refractivity contribution in [3.63, 3.8) is 0 Å². The zero-order chi connectivity index (χ0) is 13.4. The summed E-state index contributed by atoms with van der Waals surface area (Å²) in [6.45, 7) is 4.51. The van der Waals surface area contributed by atoms with E-state index in [4.69, 9.17) is 9.68 Å². The SMILES string of the molecule is CN=C(NC#N)NCCSCc1nc(C)oc1C. The van der Waals surface area contributed by atoms with Gasteiger partial charge in [-0.05, 0) is 6.92 Å². The van der Waals surface area contributed by atoms with E-state index < -0.39 is 0 Å². The van der Waals surface area contributed by atoms with E-state index in [1.54, 1.807) is 18.8 Å². The number of nitrogens with one attached hydrogen (secondary N) is 2.